The van der Waals surface area contributed by atoms with Gasteiger partial charge in [-0.25, -0.2) is 0 Å². The maximum atomic E-state index is 11.8. The van der Waals surface area contributed by atoms with Crippen LogP contribution in [-0.2, 0) is 4.79 Å². The van der Waals surface area contributed by atoms with E-state index in [0.29, 0.717) is 12.1 Å². The number of benzene rings is 1. The molecule has 1 aromatic rings. The van der Waals surface area contributed by atoms with Gasteiger partial charge in [0.1, 0.15) is 0 Å². The SMILES string of the molecule is O=C1CCCCC/C1=C\Nc1cccc([N+](=O)[O-])c1. The second kappa shape index (κ2) is 6.13. The third kappa shape index (κ3) is 3.64. The molecular formula is C14H16N2O3. The Morgan fingerprint density at radius 3 is 2.79 bits per heavy atom. The van der Waals surface area contributed by atoms with E-state index in [9.17, 15) is 14.9 Å². The van der Waals surface area contributed by atoms with Gasteiger partial charge >= 0.3 is 0 Å². The standard InChI is InChI=1S/C14H16N2O3/c17-14-8-3-1-2-5-11(14)10-15-12-6-4-7-13(9-12)16(18)19/h4,6-7,9-10,15H,1-3,5,8H2/b11-10+. The summed E-state index contributed by atoms with van der Waals surface area (Å²) in [5.74, 6) is 0.176. The fourth-order valence-corrected chi connectivity index (χ4v) is 2.11. The number of anilines is 1. The van der Waals surface area contributed by atoms with Gasteiger partial charge in [0.25, 0.3) is 5.69 Å². The number of nitro benzene ring substituents is 1. The minimum atomic E-state index is -0.435. The van der Waals surface area contributed by atoms with E-state index in [4.69, 9.17) is 0 Å². The van der Waals surface area contributed by atoms with Crippen molar-refractivity contribution in [3.8, 4) is 0 Å². The third-order valence-corrected chi connectivity index (χ3v) is 3.18. The average Bonchev–Trinajstić information content (AvgIpc) is 2.61. The maximum Gasteiger partial charge on any atom is 0.271 e. The van der Waals surface area contributed by atoms with Crippen LogP contribution in [-0.4, -0.2) is 10.7 Å². The molecule has 5 nitrogen and oxygen atoms in total. The van der Waals surface area contributed by atoms with E-state index in [1.54, 1.807) is 18.3 Å². The van der Waals surface area contributed by atoms with Crippen molar-refractivity contribution in [3.63, 3.8) is 0 Å². The molecule has 0 amide bonds. The van der Waals surface area contributed by atoms with Crippen LogP contribution in [0.3, 0.4) is 0 Å². The lowest BCUT2D eigenvalue weighted by Gasteiger charge is -2.04. The van der Waals surface area contributed by atoms with Crippen LogP contribution in [0.25, 0.3) is 0 Å². The number of rotatable bonds is 3. The van der Waals surface area contributed by atoms with Crippen molar-refractivity contribution in [2.24, 2.45) is 0 Å². The molecule has 0 radical (unpaired) electrons. The Morgan fingerprint density at radius 1 is 1.21 bits per heavy atom. The Morgan fingerprint density at radius 2 is 2.00 bits per heavy atom. The van der Waals surface area contributed by atoms with Crippen molar-refractivity contribution in [2.45, 2.75) is 32.1 Å². The lowest BCUT2D eigenvalue weighted by atomic mass is 10.1. The van der Waals surface area contributed by atoms with Crippen molar-refractivity contribution >= 4 is 17.2 Å². The van der Waals surface area contributed by atoms with Crippen LogP contribution in [0, 0.1) is 10.1 Å². The number of nitrogens with zero attached hydrogens (tertiary/aromatic N) is 1. The van der Waals surface area contributed by atoms with Crippen molar-refractivity contribution in [3.05, 3.63) is 46.2 Å². The number of allylic oxidation sites excluding steroid dienone is 1. The van der Waals surface area contributed by atoms with Gasteiger partial charge in [-0.05, 0) is 25.3 Å². The van der Waals surface area contributed by atoms with E-state index >= 15 is 0 Å². The number of nitrogens with one attached hydrogen (secondary N) is 1. The molecular weight excluding hydrogens is 244 g/mol. The molecule has 1 fully saturated rings. The highest BCUT2D eigenvalue weighted by Gasteiger charge is 2.13. The summed E-state index contributed by atoms with van der Waals surface area (Å²) in [5, 5.41) is 13.6. The summed E-state index contributed by atoms with van der Waals surface area (Å²) in [6.07, 6.45) is 6.12. The highest BCUT2D eigenvalue weighted by molar-refractivity contribution is 5.95. The van der Waals surface area contributed by atoms with Crippen molar-refractivity contribution in [2.75, 3.05) is 5.32 Å². The van der Waals surface area contributed by atoms with E-state index in [-0.39, 0.29) is 11.5 Å². The van der Waals surface area contributed by atoms with E-state index < -0.39 is 4.92 Å². The predicted molar refractivity (Wildman–Crippen MR) is 72.9 cm³/mol. The summed E-state index contributed by atoms with van der Waals surface area (Å²) < 4.78 is 0. The van der Waals surface area contributed by atoms with Crippen molar-refractivity contribution in [1.82, 2.24) is 0 Å². The summed E-state index contributed by atoms with van der Waals surface area (Å²) in [5.41, 5.74) is 1.44. The molecule has 1 saturated carbocycles. The van der Waals surface area contributed by atoms with Gasteiger partial charge in [-0.2, -0.15) is 0 Å². The number of carbonyl (C=O) groups excluding carboxylic acids is 1. The zero-order valence-electron chi connectivity index (χ0n) is 10.6. The fourth-order valence-electron chi connectivity index (χ4n) is 2.11. The summed E-state index contributed by atoms with van der Waals surface area (Å²) in [6.45, 7) is 0. The van der Waals surface area contributed by atoms with Gasteiger partial charge in [0.15, 0.2) is 5.78 Å². The van der Waals surface area contributed by atoms with E-state index in [2.05, 4.69) is 5.32 Å². The number of nitro groups is 1. The van der Waals surface area contributed by atoms with Crippen LogP contribution >= 0.6 is 0 Å². The Labute approximate surface area is 111 Å². The first-order valence-electron chi connectivity index (χ1n) is 6.40. The number of non-ortho nitro benzene ring substituents is 1. The first-order valence-corrected chi connectivity index (χ1v) is 6.40. The minimum Gasteiger partial charge on any atom is -0.361 e. The normalized spacial score (nSPS) is 18.1. The second-order valence-electron chi connectivity index (χ2n) is 4.61. The van der Waals surface area contributed by atoms with Crippen LogP contribution in [0.5, 0.6) is 0 Å². The summed E-state index contributed by atoms with van der Waals surface area (Å²) >= 11 is 0. The number of hydrogen-bond donors (Lipinski definition) is 1. The molecule has 0 unspecified atom stereocenters. The molecule has 0 spiro atoms. The maximum absolute atomic E-state index is 11.8. The molecule has 5 heteroatoms. The third-order valence-electron chi connectivity index (χ3n) is 3.18. The summed E-state index contributed by atoms with van der Waals surface area (Å²) in [7, 11) is 0. The quantitative estimate of drug-likeness (QED) is 0.391. The van der Waals surface area contributed by atoms with E-state index in [0.717, 1.165) is 31.3 Å². The second-order valence-corrected chi connectivity index (χ2v) is 4.61. The number of carbonyl (C=O) groups is 1. The van der Waals surface area contributed by atoms with Crippen LogP contribution in [0.2, 0.25) is 0 Å². The predicted octanol–water partition coefficient (Wildman–Crippen LogP) is 3.42. The lowest BCUT2D eigenvalue weighted by molar-refractivity contribution is -0.384. The van der Waals surface area contributed by atoms with Gasteiger partial charge in [0.05, 0.1) is 4.92 Å². The highest BCUT2D eigenvalue weighted by Crippen LogP contribution is 2.21. The zero-order chi connectivity index (χ0) is 13.7. The van der Waals surface area contributed by atoms with Gasteiger partial charge in [0, 0.05) is 36.0 Å². The molecule has 100 valence electrons. The molecule has 0 bridgehead atoms. The first kappa shape index (κ1) is 13.3. The van der Waals surface area contributed by atoms with Crippen LogP contribution in [0.1, 0.15) is 32.1 Å². The molecule has 1 aliphatic carbocycles. The Bertz CT molecular complexity index is 523. The number of Topliss-reactive ketones (excluding diaryl/α,β-unsaturated/α-hetero) is 1. The van der Waals surface area contributed by atoms with E-state index in [1.165, 1.54) is 12.1 Å². The fraction of sp³-hybridized carbons (Fsp3) is 0.357. The molecule has 0 aliphatic heterocycles. The van der Waals surface area contributed by atoms with E-state index in [1.807, 2.05) is 0 Å². The molecule has 1 aliphatic rings. The van der Waals surface area contributed by atoms with Gasteiger partial charge in [0.2, 0.25) is 0 Å². The summed E-state index contributed by atoms with van der Waals surface area (Å²) in [6, 6.07) is 6.26. The Balaban J connectivity index is 2.10. The first-order chi connectivity index (χ1) is 9.16. The van der Waals surface area contributed by atoms with Gasteiger partial charge in [-0.3, -0.25) is 14.9 Å². The van der Waals surface area contributed by atoms with Gasteiger partial charge < -0.3 is 5.32 Å². The number of hydrogen-bond acceptors (Lipinski definition) is 4. The number of ketones is 1. The highest BCUT2D eigenvalue weighted by atomic mass is 16.6. The summed E-state index contributed by atoms with van der Waals surface area (Å²) in [4.78, 5) is 22.0. The monoisotopic (exact) mass is 260 g/mol. The van der Waals surface area contributed by atoms with Crippen molar-refractivity contribution < 1.29 is 9.72 Å². The van der Waals surface area contributed by atoms with Gasteiger partial charge in [-0.1, -0.05) is 12.5 Å². The lowest BCUT2D eigenvalue weighted by Crippen LogP contribution is -2.02. The molecule has 0 atom stereocenters. The van der Waals surface area contributed by atoms with Crippen LogP contribution < -0.4 is 5.32 Å². The van der Waals surface area contributed by atoms with Crippen LogP contribution in [0.4, 0.5) is 11.4 Å². The average molecular weight is 260 g/mol. The van der Waals surface area contributed by atoms with Gasteiger partial charge in [-0.15, -0.1) is 0 Å². The smallest absolute Gasteiger partial charge is 0.271 e. The molecule has 1 aromatic carbocycles. The molecule has 0 heterocycles. The Kier molecular flexibility index (Phi) is 4.28. The minimum absolute atomic E-state index is 0.0376. The van der Waals surface area contributed by atoms with Crippen molar-refractivity contribution in [1.29, 1.82) is 0 Å². The molecule has 19 heavy (non-hydrogen) atoms. The molecule has 0 aromatic heterocycles. The molecule has 2 rings (SSSR count). The topological polar surface area (TPSA) is 72.2 Å². The van der Waals surface area contributed by atoms with Crippen LogP contribution in [0.15, 0.2) is 36.0 Å². The molecule has 0 saturated heterocycles. The zero-order valence-corrected chi connectivity index (χ0v) is 10.6. The molecule has 1 N–H and O–H groups in total. The Hall–Kier alpha value is -2.17. The largest absolute Gasteiger partial charge is 0.361 e.